The third-order valence-corrected chi connectivity index (χ3v) is 4.89. The highest BCUT2D eigenvalue weighted by Gasteiger charge is 2.31. The van der Waals surface area contributed by atoms with E-state index in [2.05, 4.69) is 15.2 Å². The van der Waals surface area contributed by atoms with Crippen LogP contribution in [0.5, 0.6) is 5.88 Å². The molecule has 1 aromatic rings. The summed E-state index contributed by atoms with van der Waals surface area (Å²) >= 11 is 0. The Hall–Kier alpha value is -1.86. The summed E-state index contributed by atoms with van der Waals surface area (Å²) < 4.78 is 10.4. The van der Waals surface area contributed by atoms with Crippen molar-refractivity contribution >= 4 is 6.03 Å². The van der Waals surface area contributed by atoms with Crippen molar-refractivity contribution in [2.24, 2.45) is 0 Å². The van der Waals surface area contributed by atoms with Crippen LogP contribution in [0.3, 0.4) is 0 Å². The first-order valence-electron chi connectivity index (χ1n) is 9.10. The van der Waals surface area contributed by atoms with Crippen LogP contribution in [0.1, 0.15) is 24.8 Å². The van der Waals surface area contributed by atoms with Gasteiger partial charge in [-0.25, -0.2) is 9.78 Å². The molecule has 0 saturated carbocycles. The van der Waals surface area contributed by atoms with E-state index in [0.717, 1.165) is 25.1 Å². The van der Waals surface area contributed by atoms with E-state index in [1.54, 1.807) is 13.3 Å². The van der Waals surface area contributed by atoms with Gasteiger partial charge < -0.3 is 19.7 Å². The van der Waals surface area contributed by atoms with Crippen LogP contribution >= 0.6 is 0 Å². The van der Waals surface area contributed by atoms with Gasteiger partial charge in [-0.2, -0.15) is 0 Å². The molecule has 1 aromatic heterocycles. The first-order valence-corrected chi connectivity index (χ1v) is 9.10. The van der Waals surface area contributed by atoms with Crippen LogP contribution in [0.15, 0.2) is 18.3 Å². The fraction of sp³-hybridized carbons (Fsp3) is 0.667. The van der Waals surface area contributed by atoms with E-state index in [1.807, 2.05) is 17.0 Å². The predicted octanol–water partition coefficient (Wildman–Crippen LogP) is 1.49. The van der Waals surface area contributed by atoms with Crippen LogP contribution in [-0.2, 0) is 11.3 Å². The first-order chi connectivity index (χ1) is 12.3. The molecule has 0 radical (unpaired) electrons. The van der Waals surface area contributed by atoms with Gasteiger partial charge in [-0.3, -0.25) is 4.90 Å². The van der Waals surface area contributed by atoms with Crippen molar-refractivity contribution in [3.8, 4) is 5.88 Å². The third-order valence-electron chi connectivity index (χ3n) is 4.89. The summed E-state index contributed by atoms with van der Waals surface area (Å²) in [5.41, 5.74) is 0.961. The number of urea groups is 1. The second-order valence-corrected chi connectivity index (χ2v) is 6.64. The Morgan fingerprint density at radius 3 is 2.84 bits per heavy atom. The summed E-state index contributed by atoms with van der Waals surface area (Å²) in [5.74, 6) is 0.570. The lowest BCUT2D eigenvalue weighted by atomic mass is 10.2. The summed E-state index contributed by atoms with van der Waals surface area (Å²) in [6, 6.07) is 4.30. The normalized spacial score (nSPS) is 20.8. The number of amides is 2. The zero-order valence-electron chi connectivity index (χ0n) is 14.9. The highest BCUT2D eigenvalue weighted by molar-refractivity contribution is 5.74. The zero-order valence-corrected chi connectivity index (χ0v) is 14.9. The quantitative estimate of drug-likeness (QED) is 0.756. The molecule has 7 heteroatoms. The molecule has 7 nitrogen and oxygen atoms in total. The molecule has 0 spiro atoms. The fourth-order valence-electron chi connectivity index (χ4n) is 3.45. The highest BCUT2D eigenvalue weighted by atomic mass is 16.5. The first kappa shape index (κ1) is 17.9. The minimum atomic E-state index is 0.0159. The molecule has 1 N–H and O–H groups in total. The lowest BCUT2D eigenvalue weighted by molar-refractivity contribution is 0.143. The van der Waals surface area contributed by atoms with Crippen molar-refractivity contribution < 1.29 is 14.3 Å². The highest BCUT2D eigenvalue weighted by Crippen LogP contribution is 2.20. The molecule has 0 aromatic carbocycles. The van der Waals surface area contributed by atoms with Gasteiger partial charge in [-0.15, -0.1) is 0 Å². The van der Waals surface area contributed by atoms with Crippen molar-refractivity contribution in [2.75, 3.05) is 46.5 Å². The van der Waals surface area contributed by atoms with Gasteiger partial charge >= 0.3 is 6.03 Å². The summed E-state index contributed by atoms with van der Waals surface area (Å²) in [4.78, 5) is 21.1. The summed E-state index contributed by atoms with van der Waals surface area (Å²) in [7, 11) is 1.64. The second-order valence-electron chi connectivity index (χ2n) is 6.64. The molecule has 2 saturated heterocycles. The number of pyridine rings is 1. The molecule has 2 fully saturated rings. The van der Waals surface area contributed by atoms with E-state index in [9.17, 15) is 4.79 Å². The van der Waals surface area contributed by atoms with Gasteiger partial charge in [0, 0.05) is 45.0 Å². The summed E-state index contributed by atoms with van der Waals surface area (Å²) in [6.45, 7) is 5.55. The minimum Gasteiger partial charge on any atom is -0.475 e. The number of carbonyl (C=O) groups is 1. The van der Waals surface area contributed by atoms with Gasteiger partial charge in [0.2, 0.25) is 5.88 Å². The minimum absolute atomic E-state index is 0.0159. The Bertz CT molecular complexity index is 546. The number of hydrogen-bond donors (Lipinski definition) is 1. The predicted molar refractivity (Wildman–Crippen MR) is 94.6 cm³/mol. The second kappa shape index (κ2) is 9.01. The number of carbonyl (C=O) groups excluding carboxylic acids is 1. The molecule has 1 atom stereocenters. The zero-order chi connectivity index (χ0) is 17.5. The van der Waals surface area contributed by atoms with E-state index in [1.165, 1.54) is 25.9 Å². The van der Waals surface area contributed by atoms with Gasteiger partial charge in [0.25, 0.3) is 0 Å². The Morgan fingerprint density at radius 1 is 1.28 bits per heavy atom. The number of methoxy groups -OCH3 is 1. The molecule has 2 aliphatic rings. The van der Waals surface area contributed by atoms with Crippen LogP contribution in [0.2, 0.25) is 0 Å². The average Bonchev–Trinajstić information content (AvgIpc) is 3.32. The molecule has 2 aliphatic heterocycles. The van der Waals surface area contributed by atoms with Crippen molar-refractivity contribution in [3.05, 3.63) is 23.9 Å². The maximum atomic E-state index is 12.4. The SMILES string of the molecule is COCCOc1ccc(CNC(=O)N2CC[C@H](N3CCCC3)C2)cn1. The van der Waals surface area contributed by atoms with Gasteiger partial charge in [-0.05, 0) is 37.9 Å². The van der Waals surface area contributed by atoms with E-state index in [4.69, 9.17) is 9.47 Å². The molecule has 0 unspecified atom stereocenters. The monoisotopic (exact) mass is 348 g/mol. The average molecular weight is 348 g/mol. The van der Waals surface area contributed by atoms with Crippen molar-refractivity contribution in [2.45, 2.75) is 31.8 Å². The number of hydrogen-bond acceptors (Lipinski definition) is 5. The number of nitrogens with zero attached hydrogens (tertiary/aromatic N) is 3. The Labute approximate surface area is 149 Å². The van der Waals surface area contributed by atoms with Gasteiger partial charge in [0.1, 0.15) is 6.61 Å². The lowest BCUT2D eigenvalue weighted by Crippen LogP contribution is -2.41. The molecule has 138 valence electrons. The molecule has 25 heavy (non-hydrogen) atoms. The van der Waals surface area contributed by atoms with Crippen LogP contribution in [0, 0.1) is 0 Å². The third kappa shape index (κ3) is 5.06. The number of ether oxygens (including phenoxy) is 2. The molecular weight excluding hydrogens is 320 g/mol. The standard InChI is InChI=1S/C18H28N4O3/c1-24-10-11-25-17-5-4-15(12-19-17)13-20-18(23)22-9-6-16(14-22)21-7-2-3-8-21/h4-5,12,16H,2-3,6-11,13-14H2,1H3,(H,20,23)/t16-/m0/s1. The van der Waals surface area contributed by atoms with Crippen LogP contribution < -0.4 is 10.1 Å². The molecule has 3 rings (SSSR count). The number of aromatic nitrogens is 1. The lowest BCUT2D eigenvalue weighted by Gasteiger charge is -2.23. The van der Waals surface area contributed by atoms with E-state index >= 15 is 0 Å². The van der Waals surface area contributed by atoms with Gasteiger partial charge in [0.05, 0.1) is 6.61 Å². The molecule has 3 heterocycles. The maximum absolute atomic E-state index is 12.4. The smallest absolute Gasteiger partial charge is 0.317 e. The summed E-state index contributed by atoms with van der Waals surface area (Å²) in [5, 5.41) is 2.99. The van der Waals surface area contributed by atoms with Gasteiger partial charge in [-0.1, -0.05) is 6.07 Å². The van der Waals surface area contributed by atoms with Crippen molar-refractivity contribution in [3.63, 3.8) is 0 Å². The van der Waals surface area contributed by atoms with Crippen molar-refractivity contribution in [1.29, 1.82) is 0 Å². The fourth-order valence-corrected chi connectivity index (χ4v) is 3.45. The topological polar surface area (TPSA) is 66.9 Å². The maximum Gasteiger partial charge on any atom is 0.317 e. The largest absolute Gasteiger partial charge is 0.475 e. The van der Waals surface area contributed by atoms with E-state index in [-0.39, 0.29) is 6.03 Å². The number of likely N-dealkylation sites (tertiary alicyclic amines) is 2. The van der Waals surface area contributed by atoms with E-state index in [0.29, 0.717) is 31.7 Å². The summed E-state index contributed by atoms with van der Waals surface area (Å²) in [6.07, 6.45) is 5.41. The Kier molecular flexibility index (Phi) is 6.47. The number of nitrogens with one attached hydrogen (secondary N) is 1. The Balaban J connectivity index is 1.40. The molecule has 2 amide bonds. The van der Waals surface area contributed by atoms with Crippen molar-refractivity contribution in [1.82, 2.24) is 20.1 Å². The van der Waals surface area contributed by atoms with Crippen LogP contribution in [0.4, 0.5) is 4.79 Å². The van der Waals surface area contributed by atoms with Crippen LogP contribution in [-0.4, -0.2) is 73.4 Å². The van der Waals surface area contributed by atoms with Gasteiger partial charge in [0.15, 0.2) is 0 Å². The molecule has 0 aliphatic carbocycles. The Morgan fingerprint density at radius 2 is 2.12 bits per heavy atom. The van der Waals surface area contributed by atoms with Crippen LogP contribution in [0.25, 0.3) is 0 Å². The molecular formula is C18H28N4O3. The van der Waals surface area contributed by atoms with E-state index < -0.39 is 0 Å². The molecule has 0 bridgehead atoms. The number of rotatable bonds is 7.